The van der Waals surface area contributed by atoms with Crippen LogP contribution < -0.4 is 10.6 Å². The number of amides is 2. The Balaban J connectivity index is 1.98. The lowest BCUT2D eigenvalue weighted by molar-refractivity contribution is 0.0697. The first-order valence-electron chi connectivity index (χ1n) is 6.36. The molecule has 0 aromatic heterocycles. The topological polar surface area (TPSA) is 87.7 Å². The molecular weight excluding hydrogens is 319 g/mol. The molecule has 1 fully saturated rings. The zero-order valence-electron chi connectivity index (χ0n) is 11.0. The van der Waals surface area contributed by atoms with E-state index in [1.807, 2.05) is 0 Å². The number of benzene rings is 1. The van der Waals surface area contributed by atoms with Gasteiger partial charge in [0, 0.05) is 13.2 Å². The number of aromatic carboxylic acids is 1. The van der Waals surface area contributed by atoms with E-state index in [-0.39, 0.29) is 27.4 Å². The van der Waals surface area contributed by atoms with E-state index < -0.39 is 12.0 Å². The van der Waals surface area contributed by atoms with Crippen molar-refractivity contribution in [2.75, 3.05) is 18.5 Å². The van der Waals surface area contributed by atoms with Crippen LogP contribution in [0.3, 0.4) is 0 Å². The van der Waals surface area contributed by atoms with Gasteiger partial charge in [-0.15, -0.1) is 0 Å². The second kappa shape index (κ2) is 6.98. The van der Waals surface area contributed by atoms with Crippen LogP contribution in [0.15, 0.2) is 12.1 Å². The number of carboxylic acid groups (broad SMARTS) is 1. The molecule has 114 valence electrons. The summed E-state index contributed by atoms with van der Waals surface area (Å²) in [6, 6.07) is 1.98. The molecular formula is C13H14Cl2N2O4. The summed E-state index contributed by atoms with van der Waals surface area (Å²) in [7, 11) is 0. The Bertz CT molecular complexity index is 536. The van der Waals surface area contributed by atoms with Crippen LogP contribution in [0, 0.1) is 0 Å². The van der Waals surface area contributed by atoms with Gasteiger partial charge in [0.25, 0.3) is 0 Å². The van der Waals surface area contributed by atoms with Crippen molar-refractivity contribution in [1.82, 2.24) is 5.32 Å². The first-order chi connectivity index (χ1) is 9.97. The van der Waals surface area contributed by atoms with Gasteiger partial charge < -0.3 is 20.5 Å². The Kier molecular flexibility index (Phi) is 5.27. The average molecular weight is 333 g/mol. The van der Waals surface area contributed by atoms with E-state index in [4.69, 9.17) is 33.0 Å². The van der Waals surface area contributed by atoms with Crippen LogP contribution in [0.4, 0.5) is 10.5 Å². The fourth-order valence-electron chi connectivity index (χ4n) is 1.99. The maximum absolute atomic E-state index is 11.8. The van der Waals surface area contributed by atoms with Crippen molar-refractivity contribution in [3.63, 3.8) is 0 Å². The number of rotatable bonds is 4. The number of ether oxygens (including phenoxy) is 1. The molecule has 0 aliphatic carbocycles. The number of carbonyl (C=O) groups is 2. The summed E-state index contributed by atoms with van der Waals surface area (Å²) >= 11 is 11.9. The quantitative estimate of drug-likeness (QED) is 0.790. The van der Waals surface area contributed by atoms with Gasteiger partial charge in [0.15, 0.2) is 0 Å². The minimum atomic E-state index is -1.15. The third-order valence-electron chi connectivity index (χ3n) is 3.04. The summed E-state index contributed by atoms with van der Waals surface area (Å²) in [6.07, 6.45) is 1.92. The number of carboxylic acids is 1. The lowest BCUT2D eigenvalue weighted by Crippen LogP contribution is -2.35. The Morgan fingerprint density at radius 1 is 1.33 bits per heavy atom. The summed E-state index contributed by atoms with van der Waals surface area (Å²) in [4.78, 5) is 22.6. The lowest BCUT2D eigenvalue weighted by atomic mass is 10.2. The maximum Gasteiger partial charge on any atom is 0.335 e. The molecule has 8 heteroatoms. The molecule has 3 N–H and O–H groups in total. The molecule has 0 radical (unpaired) electrons. The molecule has 1 heterocycles. The molecule has 1 aliphatic heterocycles. The SMILES string of the molecule is O=C(NCC1CCCO1)Nc1c(Cl)cc(C(=O)O)cc1Cl. The van der Waals surface area contributed by atoms with E-state index in [1.54, 1.807) is 0 Å². The van der Waals surface area contributed by atoms with Gasteiger partial charge in [-0.05, 0) is 25.0 Å². The Hall–Kier alpha value is -1.50. The summed E-state index contributed by atoms with van der Waals surface area (Å²) in [5.41, 5.74) is 0.128. The fourth-order valence-corrected chi connectivity index (χ4v) is 2.57. The Morgan fingerprint density at radius 3 is 2.52 bits per heavy atom. The molecule has 0 saturated carbocycles. The number of carbonyl (C=O) groups excluding carboxylic acids is 1. The minimum Gasteiger partial charge on any atom is -0.478 e. The van der Waals surface area contributed by atoms with Crippen molar-refractivity contribution >= 4 is 40.9 Å². The molecule has 1 atom stereocenters. The maximum atomic E-state index is 11.8. The highest BCUT2D eigenvalue weighted by Crippen LogP contribution is 2.31. The number of nitrogens with one attached hydrogen (secondary N) is 2. The predicted molar refractivity (Wildman–Crippen MR) is 79.4 cm³/mol. The van der Waals surface area contributed by atoms with E-state index >= 15 is 0 Å². The molecule has 1 aromatic carbocycles. The van der Waals surface area contributed by atoms with E-state index in [2.05, 4.69) is 10.6 Å². The summed E-state index contributed by atoms with van der Waals surface area (Å²) in [6.45, 7) is 1.11. The van der Waals surface area contributed by atoms with Gasteiger partial charge in [0.2, 0.25) is 0 Å². The van der Waals surface area contributed by atoms with Crippen molar-refractivity contribution in [3.05, 3.63) is 27.7 Å². The molecule has 2 rings (SSSR count). The largest absolute Gasteiger partial charge is 0.478 e. The zero-order chi connectivity index (χ0) is 15.4. The first-order valence-corrected chi connectivity index (χ1v) is 7.11. The normalized spacial score (nSPS) is 17.5. The van der Waals surface area contributed by atoms with Crippen LogP contribution >= 0.6 is 23.2 Å². The van der Waals surface area contributed by atoms with Gasteiger partial charge in [0.1, 0.15) is 0 Å². The Labute approximate surface area is 131 Å². The van der Waals surface area contributed by atoms with Crippen LogP contribution in [0.5, 0.6) is 0 Å². The molecule has 2 amide bonds. The van der Waals surface area contributed by atoms with Crippen molar-refractivity contribution < 1.29 is 19.4 Å². The van der Waals surface area contributed by atoms with E-state index in [0.29, 0.717) is 13.2 Å². The van der Waals surface area contributed by atoms with E-state index in [1.165, 1.54) is 12.1 Å². The lowest BCUT2D eigenvalue weighted by Gasteiger charge is -2.13. The predicted octanol–water partition coefficient (Wildman–Crippen LogP) is 2.99. The highest BCUT2D eigenvalue weighted by molar-refractivity contribution is 6.40. The van der Waals surface area contributed by atoms with E-state index in [9.17, 15) is 9.59 Å². The van der Waals surface area contributed by atoms with Crippen LogP contribution in [0.2, 0.25) is 10.0 Å². The van der Waals surface area contributed by atoms with E-state index in [0.717, 1.165) is 12.8 Å². The van der Waals surface area contributed by atoms with Crippen LogP contribution in [-0.4, -0.2) is 36.4 Å². The van der Waals surface area contributed by atoms with Gasteiger partial charge in [-0.1, -0.05) is 23.2 Å². The summed E-state index contributed by atoms with van der Waals surface area (Å²) < 4.78 is 5.38. The van der Waals surface area contributed by atoms with Crippen LogP contribution in [0.25, 0.3) is 0 Å². The summed E-state index contributed by atoms with van der Waals surface area (Å²) in [5.74, 6) is -1.15. The van der Waals surface area contributed by atoms with Gasteiger partial charge in [-0.3, -0.25) is 0 Å². The third kappa shape index (κ3) is 4.23. The van der Waals surface area contributed by atoms with Crippen molar-refractivity contribution in [2.45, 2.75) is 18.9 Å². The smallest absolute Gasteiger partial charge is 0.335 e. The number of hydrogen-bond donors (Lipinski definition) is 3. The molecule has 0 spiro atoms. The summed E-state index contributed by atoms with van der Waals surface area (Å²) in [5, 5.41) is 14.2. The highest BCUT2D eigenvalue weighted by Gasteiger charge is 2.18. The van der Waals surface area contributed by atoms with Gasteiger partial charge >= 0.3 is 12.0 Å². The molecule has 6 nitrogen and oxygen atoms in total. The fraction of sp³-hybridized carbons (Fsp3) is 0.385. The molecule has 1 saturated heterocycles. The second-order valence-corrected chi connectivity index (χ2v) is 5.40. The molecule has 1 unspecified atom stereocenters. The van der Waals surface area contributed by atoms with Crippen LogP contribution in [-0.2, 0) is 4.74 Å². The van der Waals surface area contributed by atoms with Gasteiger partial charge in [-0.25, -0.2) is 9.59 Å². The van der Waals surface area contributed by atoms with Crippen LogP contribution in [0.1, 0.15) is 23.2 Å². The highest BCUT2D eigenvalue weighted by atomic mass is 35.5. The minimum absolute atomic E-state index is 0.0241. The number of halogens is 2. The second-order valence-electron chi connectivity index (χ2n) is 4.59. The molecule has 21 heavy (non-hydrogen) atoms. The number of anilines is 1. The third-order valence-corrected chi connectivity index (χ3v) is 3.64. The standard InChI is InChI=1S/C13H14Cl2N2O4/c14-9-4-7(12(18)19)5-10(15)11(9)17-13(20)16-6-8-2-1-3-21-8/h4-5,8H,1-3,6H2,(H,18,19)(H2,16,17,20). The monoisotopic (exact) mass is 332 g/mol. The Morgan fingerprint density at radius 2 is 2.00 bits per heavy atom. The molecule has 0 bridgehead atoms. The first kappa shape index (κ1) is 15.9. The van der Waals surface area contributed by atoms with Crippen molar-refractivity contribution in [2.24, 2.45) is 0 Å². The van der Waals surface area contributed by atoms with Crippen molar-refractivity contribution in [1.29, 1.82) is 0 Å². The van der Waals surface area contributed by atoms with Gasteiger partial charge in [-0.2, -0.15) is 0 Å². The number of urea groups is 1. The molecule has 1 aliphatic rings. The van der Waals surface area contributed by atoms with Gasteiger partial charge in [0.05, 0.1) is 27.4 Å². The van der Waals surface area contributed by atoms with Crippen molar-refractivity contribution in [3.8, 4) is 0 Å². The molecule has 1 aromatic rings. The number of hydrogen-bond acceptors (Lipinski definition) is 3. The average Bonchev–Trinajstić information content (AvgIpc) is 2.93. The zero-order valence-corrected chi connectivity index (χ0v) is 12.5.